The molecule has 116 valence electrons. The zero-order valence-corrected chi connectivity index (χ0v) is 12.5. The van der Waals surface area contributed by atoms with Gasteiger partial charge in [0.25, 0.3) is 5.91 Å². The van der Waals surface area contributed by atoms with Gasteiger partial charge in [-0.25, -0.2) is 8.78 Å². The molecule has 1 aromatic carbocycles. The lowest BCUT2D eigenvalue weighted by molar-refractivity contribution is 0.0821. The van der Waals surface area contributed by atoms with E-state index < -0.39 is 17.7 Å². The zero-order valence-electron chi connectivity index (χ0n) is 12.5. The molecule has 2 rings (SSSR count). The lowest BCUT2D eigenvalue weighted by atomic mass is 10.1. The second-order valence-corrected chi connectivity index (χ2v) is 5.04. The van der Waals surface area contributed by atoms with Crippen molar-refractivity contribution in [2.45, 2.75) is 13.0 Å². The van der Waals surface area contributed by atoms with E-state index in [1.54, 1.807) is 27.1 Å². The van der Waals surface area contributed by atoms with Crippen LogP contribution in [0, 0.1) is 11.6 Å². The van der Waals surface area contributed by atoms with E-state index in [1.807, 2.05) is 0 Å². The molecule has 0 saturated heterocycles. The van der Waals surface area contributed by atoms with Crippen LogP contribution < -0.4 is 5.32 Å². The first-order chi connectivity index (χ1) is 10.4. The molecule has 0 unspecified atom stereocenters. The van der Waals surface area contributed by atoms with E-state index in [-0.39, 0.29) is 17.2 Å². The van der Waals surface area contributed by atoms with E-state index in [1.165, 1.54) is 11.0 Å². The SMILES string of the molecule is C[C@H](Nc1ccc(C(=O)N(C)C)nn1)c1cc(F)ccc1F. The van der Waals surface area contributed by atoms with Crippen LogP contribution in [-0.4, -0.2) is 35.1 Å². The highest BCUT2D eigenvalue weighted by Gasteiger charge is 2.14. The topological polar surface area (TPSA) is 58.1 Å². The summed E-state index contributed by atoms with van der Waals surface area (Å²) in [5.41, 5.74) is 0.399. The Kier molecular flexibility index (Phi) is 4.65. The van der Waals surface area contributed by atoms with Gasteiger partial charge in [-0.3, -0.25) is 4.79 Å². The first kappa shape index (κ1) is 15.8. The molecule has 5 nitrogen and oxygen atoms in total. The van der Waals surface area contributed by atoms with Gasteiger partial charge in [0.2, 0.25) is 0 Å². The summed E-state index contributed by atoms with van der Waals surface area (Å²) in [5, 5.41) is 10.6. The summed E-state index contributed by atoms with van der Waals surface area (Å²) in [5.74, 6) is -0.911. The first-order valence-electron chi connectivity index (χ1n) is 6.65. The van der Waals surface area contributed by atoms with Gasteiger partial charge in [0.1, 0.15) is 17.5 Å². The normalized spacial score (nSPS) is 11.9. The largest absolute Gasteiger partial charge is 0.362 e. The van der Waals surface area contributed by atoms with Crippen molar-refractivity contribution in [1.82, 2.24) is 15.1 Å². The molecule has 0 saturated carbocycles. The predicted molar refractivity (Wildman–Crippen MR) is 78.4 cm³/mol. The molecule has 0 aliphatic carbocycles. The van der Waals surface area contributed by atoms with Gasteiger partial charge >= 0.3 is 0 Å². The fraction of sp³-hybridized carbons (Fsp3) is 0.267. The van der Waals surface area contributed by atoms with Gasteiger partial charge in [0, 0.05) is 19.7 Å². The van der Waals surface area contributed by atoms with Crippen LogP contribution in [0.2, 0.25) is 0 Å². The quantitative estimate of drug-likeness (QED) is 0.943. The molecule has 1 heterocycles. The number of halogens is 2. The molecular weight excluding hydrogens is 290 g/mol. The van der Waals surface area contributed by atoms with Crippen molar-refractivity contribution in [3.8, 4) is 0 Å². The lowest BCUT2D eigenvalue weighted by Gasteiger charge is -2.15. The first-order valence-corrected chi connectivity index (χ1v) is 6.65. The summed E-state index contributed by atoms with van der Waals surface area (Å²) in [6.45, 7) is 1.68. The van der Waals surface area contributed by atoms with E-state index in [4.69, 9.17) is 0 Å². The number of nitrogens with one attached hydrogen (secondary N) is 1. The monoisotopic (exact) mass is 306 g/mol. The number of hydrogen-bond donors (Lipinski definition) is 1. The smallest absolute Gasteiger partial charge is 0.273 e. The van der Waals surface area contributed by atoms with Gasteiger partial charge in [-0.2, -0.15) is 0 Å². The van der Waals surface area contributed by atoms with Crippen molar-refractivity contribution in [1.29, 1.82) is 0 Å². The summed E-state index contributed by atoms with van der Waals surface area (Å²) in [6.07, 6.45) is 0. The summed E-state index contributed by atoms with van der Waals surface area (Å²) < 4.78 is 26.9. The maximum Gasteiger partial charge on any atom is 0.273 e. The molecule has 0 aliphatic heterocycles. The van der Waals surface area contributed by atoms with Gasteiger partial charge in [0.15, 0.2) is 5.69 Å². The molecule has 2 aromatic rings. The van der Waals surface area contributed by atoms with Gasteiger partial charge in [-0.05, 0) is 37.3 Å². The Balaban J connectivity index is 2.13. The maximum absolute atomic E-state index is 13.7. The van der Waals surface area contributed by atoms with Gasteiger partial charge in [-0.15, -0.1) is 10.2 Å². The van der Waals surface area contributed by atoms with Crippen LogP contribution in [-0.2, 0) is 0 Å². The fourth-order valence-electron chi connectivity index (χ4n) is 1.90. The second kappa shape index (κ2) is 6.46. The summed E-state index contributed by atoms with van der Waals surface area (Å²) in [4.78, 5) is 13.1. The molecule has 1 amide bonds. The Hall–Kier alpha value is -2.57. The third kappa shape index (κ3) is 3.55. The van der Waals surface area contributed by atoms with Crippen molar-refractivity contribution in [2.24, 2.45) is 0 Å². The highest BCUT2D eigenvalue weighted by atomic mass is 19.1. The maximum atomic E-state index is 13.7. The molecule has 1 N–H and O–H groups in total. The Labute approximate surface area is 127 Å². The number of amides is 1. The average Bonchev–Trinajstić information content (AvgIpc) is 2.49. The van der Waals surface area contributed by atoms with Crippen molar-refractivity contribution >= 4 is 11.7 Å². The minimum Gasteiger partial charge on any atom is -0.362 e. The molecule has 0 aliphatic rings. The number of carbonyl (C=O) groups excluding carboxylic acids is 1. The van der Waals surface area contributed by atoms with E-state index in [0.29, 0.717) is 5.82 Å². The van der Waals surface area contributed by atoms with Crippen LogP contribution in [0.3, 0.4) is 0 Å². The standard InChI is InChI=1S/C15H16F2N4O/c1-9(11-8-10(16)4-5-12(11)17)18-14-7-6-13(19-20-14)15(22)21(2)3/h4-9H,1-3H3,(H,18,20)/t9-/m0/s1. The third-order valence-corrected chi connectivity index (χ3v) is 3.08. The molecule has 0 fully saturated rings. The molecule has 0 bridgehead atoms. The number of hydrogen-bond acceptors (Lipinski definition) is 4. The third-order valence-electron chi connectivity index (χ3n) is 3.08. The summed E-state index contributed by atoms with van der Waals surface area (Å²) in [7, 11) is 3.23. The summed E-state index contributed by atoms with van der Waals surface area (Å²) in [6, 6.07) is 5.86. The number of carbonyl (C=O) groups is 1. The van der Waals surface area contributed by atoms with E-state index in [2.05, 4.69) is 15.5 Å². The van der Waals surface area contributed by atoms with Crippen LogP contribution in [0.25, 0.3) is 0 Å². The van der Waals surface area contributed by atoms with Crippen molar-refractivity contribution in [2.75, 3.05) is 19.4 Å². The Morgan fingerprint density at radius 3 is 2.50 bits per heavy atom. The van der Waals surface area contributed by atoms with Gasteiger partial charge < -0.3 is 10.2 Å². The second-order valence-electron chi connectivity index (χ2n) is 5.04. The van der Waals surface area contributed by atoms with Crippen LogP contribution in [0.4, 0.5) is 14.6 Å². The molecule has 7 heteroatoms. The number of anilines is 1. The van der Waals surface area contributed by atoms with E-state index in [0.717, 1.165) is 18.2 Å². The van der Waals surface area contributed by atoms with Crippen LogP contribution in [0.1, 0.15) is 29.0 Å². The Morgan fingerprint density at radius 1 is 1.18 bits per heavy atom. The molecular formula is C15H16F2N4O. The van der Waals surface area contributed by atoms with Crippen LogP contribution in [0.5, 0.6) is 0 Å². The molecule has 1 atom stereocenters. The predicted octanol–water partition coefficient (Wildman–Crippen LogP) is 2.63. The van der Waals surface area contributed by atoms with E-state index >= 15 is 0 Å². The average molecular weight is 306 g/mol. The lowest BCUT2D eigenvalue weighted by Crippen LogP contribution is -2.23. The van der Waals surface area contributed by atoms with Crippen molar-refractivity contribution in [3.63, 3.8) is 0 Å². The Bertz CT molecular complexity index is 674. The number of nitrogens with zero attached hydrogens (tertiary/aromatic N) is 3. The van der Waals surface area contributed by atoms with Gasteiger partial charge in [0.05, 0.1) is 6.04 Å². The van der Waals surface area contributed by atoms with Crippen LogP contribution in [0.15, 0.2) is 30.3 Å². The highest BCUT2D eigenvalue weighted by Crippen LogP contribution is 2.21. The molecule has 22 heavy (non-hydrogen) atoms. The summed E-state index contributed by atoms with van der Waals surface area (Å²) >= 11 is 0. The minimum absolute atomic E-state index is 0.190. The molecule has 1 aromatic heterocycles. The number of rotatable bonds is 4. The fourth-order valence-corrected chi connectivity index (χ4v) is 1.90. The van der Waals surface area contributed by atoms with Crippen LogP contribution >= 0.6 is 0 Å². The zero-order chi connectivity index (χ0) is 16.3. The van der Waals surface area contributed by atoms with Crippen molar-refractivity contribution in [3.05, 3.63) is 53.2 Å². The van der Waals surface area contributed by atoms with E-state index in [9.17, 15) is 13.6 Å². The number of aromatic nitrogens is 2. The molecule has 0 spiro atoms. The number of benzene rings is 1. The minimum atomic E-state index is -0.511. The Morgan fingerprint density at radius 2 is 1.91 bits per heavy atom. The molecule has 0 radical (unpaired) electrons. The van der Waals surface area contributed by atoms with Gasteiger partial charge in [-0.1, -0.05) is 0 Å². The van der Waals surface area contributed by atoms with Crippen molar-refractivity contribution < 1.29 is 13.6 Å². The highest BCUT2D eigenvalue weighted by molar-refractivity contribution is 5.91.